The van der Waals surface area contributed by atoms with Crippen molar-refractivity contribution in [2.24, 2.45) is 5.73 Å². The Bertz CT molecular complexity index is 1510. The van der Waals surface area contributed by atoms with Gasteiger partial charge in [0.1, 0.15) is 11.9 Å². The Kier molecular flexibility index (Phi) is 10.8. The molecule has 0 amide bonds. The molecule has 0 radical (unpaired) electrons. The van der Waals surface area contributed by atoms with E-state index in [1.165, 1.54) is 0 Å². The third-order valence-corrected chi connectivity index (χ3v) is 14.1. The number of carbonyl (C=O) groups is 1. The molecule has 0 aliphatic carbocycles. The molecule has 1 aromatic carbocycles. The van der Waals surface area contributed by atoms with Crippen molar-refractivity contribution in [3.05, 3.63) is 54.7 Å². The fourth-order valence-corrected chi connectivity index (χ4v) is 7.31. The van der Waals surface area contributed by atoms with Gasteiger partial charge in [0.05, 0.1) is 18.3 Å². The molecular weight excluding hydrogens is 618 g/mol. The number of nitrogens with two attached hydrogens (primary N) is 1. The summed E-state index contributed by atoms with van der Waals surface area (Å²) in [6.45, 7) is 13.8. The minimum atomic E-state index is -1.92. The number of benzene rings is 1. The number of halogens is 1. The molecule has 47 heavy (non-hydrogen) atoms. The number of anilines is 3. The van der Waals surface area contributed by atoms with Gasteiger partial charge in [0.15, 0.2) is 19.9 Å². The number of nitrogens with zero attached hydrogens (tertiary/aromatic N) is 5. The molecule has 0 spiro atoms. The van der Waals surface area contributed by atoms with Gasteiger partial charge in [0.2, 0.25) is 5.95 Å². The van der Waals surface area contributed by atoms with Crippen LogP contribution in [0.5, 0.6) is 5.75 Å². The number of carboxylic acids is 1. The lowest BCUT2D eigenvalue weighted by Crippen LogP contribution is -2.44. The minimum absolute atomic E-state index is 0.00396. The molecule has 2 aromatic heterocycles. The van der Waals surface area contributed by atoms with Gasteiger partial charge in [-0.1, -0.05) is 26.8 Å². The largest absolute Gasteiger partial charge is 0.487 e. The number of aromatic nitrogens is 3. The van der Waals surface area contributed by atoms with E-state index in [1.54, 1.807) is 36.8 Å². The summed E-state index contributed by atoms with van der Waals surface area (Å²) >= 11 is 0. The van der Waals surface area contributed by atoms with Crippen LogP contribution in [0.4, 0.5) is 21.8 Å². The summed E-state index contributed by atoms with van der Waals surface area (Å²) < 4.78 is 28.2. The van der Waals surface area contributed by atoms with Crippen molar-refractivity contribution < 1.29 is 23.5 Å². The number of hydrogen-bond donors (Lipinski definition) is 3. The van der Waals surface area contributed by atoms with Crippen LogP contribution >= 0.6 is 0 Å². The van der Waals surface area contributed by atoms with Crippen LogP contribution in [0, 0.1) is 5.82 Å². The Hall–Kier alpha value is -3.65. The minimum Gasteiger partial charge on any atom is -0.487 e. The normalized spacial score (nSPS) is 19.6. The van der Waals surface area contributed by atoms with Crippen LogP contribution in [-0.2, 0) is 9.22 Å². The summed E-state index contributed by atoms with van der Waals surface area (Å²) in [6.07, 6.45) is 8.22. The highest BCUT2D eigenvalue weighted by Crippen LogP contribution is 2.39. The van der Waals surface area contributed by atoms with E-state index in [-0.39, 0.29) is 41.3 Å². The van der Waals surface area contributed by atoms with Gasteiger partial charge < -0.3 is 30.2 Å². The molecule has 2 saturated heterocycles. The van der Waals surface area contributed by atoms with Gasteiger partial charge in [0.25, 0.3) is 0 Å². The second-order valence-electron chi connectivity index (χ2n) is 14.1. The van der Waals surface area contributed by atoms with Crippen LogP contribution in [0.15, 0.2) is 48.9 Å². The average molecular weight is 666 g/mol. The fourth-order valence-electron chi connectivity index (χ4n) is 5.95. The first kappa shape index (κ1) is 34.7. The van der Waals surface area contributed by atoms with E-state index < -0.39 is 20.1 Å². The number of aliphatic carboxylic acids is 1. The topological polar surface area (TPSA) is 139 Å². The van der Waals surface area contributed by atoms with Crippen LogP contribution in [-0.4, -0.2) is 90.2 Å². The van der Waals surface area contributed by atoms with Crippen molar-refractivity contribution in [1.82, 2.24) is 19.9 Å². The molecule has 0 saturated carbocycles. The first-order valence-corrected chi connectivity index (χ1v) is 19.3. The molecule has 11 nitrogen and oxygen atoms in total. The van der Waals surface area contributed by atoms with Crippen molar-refractivity contribution in [3.8, 4) is 16.9 Å². The number of likely N-dealkylation sites (tertiary alicyclic amines) is 1. The average Bonchev–Trinajstić information content (AvgIpc) is 3.41. The number of hydrogen-bond acceptors (Lipinski definition) is 10. The lowest BCUT2D eigenvalue weighted by atomic mass is 10.1. The van der Waals surface area contributed by atoms with Crippen molar-refractivity contribution in [1.29, 1.82) is 0 Å². The second kappa shape index (κ2) is 14.6. The zero-order valence-corrected chi connectivity index (χ0v) is 29.1. The van der Waals surface area contributed by atoms with E-state index in [1.807, 2.05) is 17.0 Å². The highest BCUT2D eigenvalue weighted by atomic mass is 28.4. The zero-order chi connectivity index (χ0) is 33.8. The highest BCUT2D eigenvalue weighted by molar-refractivity contribution is 6.74. The van der Waals surface area contributed by atoms with Gasteiger partial charge in [0, 0.05) is 49.8 Å². The number of carboxylic acid groups (broad SMARTS) is 1. The zero-order valence-electron chi connectivity index (χ0n) is 28.1. The molecule has 13 heteroatoms. The van der Waals surface area contributed by atoms with E-state index in [4.69, 9.17) is 30.0 Å². The fraction of sp³-hybridized carbons (Fsp3) is 0.529. The molecule has 0 bridgehead atoms. The van der Waals surface area contributed by atoms with Gasteiger partial charge in [-0.15, -0.1) is 0 Å². The van der Waals surface area contributed by atoms with Gasteiger partial charge in [-0.25, -0.2) is 19.3 Å². The number of rotatable bonds is 12. The summed E-state index contributed by atoms with van der Waals surface area (Å²) in [5.74, 6) is -0.0753. The van der Waals surface area contributed by atoms with Crippen molar-refractivity contribution in [2.45, 2.75) is 82.8 Å². The van der Waals surface area contributed by atoms with Crippen LogP contribution in [0.2, 0.25) is 18.1 Å². The molecule has 2 unspecified atom stereocenters. The van der Waals surface area contributed by atoms with Crippen LogP contribution in [0.1, 0.15) is 46.5 Å². The molecule has 3 aromatic rings. The van der Waals surface area contributed by atoms with Gasteiger partial charge >= 0.3 is 5.97 Å². The maximum atomic E-state index is 15.5. The van der Waals surface area contributed by atoms with Crippen molar-refractivity contribution in [3.63, 3.8) is 0 Å². The SMILES string of the molecule is CC(C)(C)[Si](C)(C)OC1CC(CCN)N(c2ncc(-c3ccnc(Nc4cccc(OC5CCN(CC(=O)O)CC5)c4F)c3)cn2)C1. The summed E-state index contributed by atoms with van der Waals surface area (Å²) in [5, 5.41) is 12.2. The lowest BCUT2D eigenvalue weighted by molar-refractivity contribution is -0.138. The second-order valence-corrected chi connectivity index (χ2v) is 18.8. The first-order chi connectivity index (χ1) is 22.3. The molecule has 2 aliphatic heterocycles. The maximum Gasteiger partial charge on any atom is 0.317 e. The third-order valence-electron chi connectivity index (χ3n) is 9.54. The van der Waals surface area contributed by atoms with E-state index in [0.29, 0.717) is 44.2 Å². The van der Waals surface area contributed by atoms with Crippen LogP contribution in [0.3, 0.4) is 0 Å². The molecular formula is C34H48FN7O4Si. The third kappa shape index (κ3) is 8.64. The Morgan fingerprint density at radius 1 is 1.11 bits per heavy atom. The number of piperidine rings is 1. The summed E-state index contributed by atoms with van der Waals surface area (Å²) in [6, 6.07) is 8.89. The van der Waals surface area contributed by atoms with Gasteiger partial charge in [-0.2, -0.15) is 0 Å². The highest BCUT2D eigenvalue weighted by Gasteiger charge is 2.43. The monoisotopic (exact) mass is 665 g/mol. The summed E-state index contributed by atoms with van der Waals surface area (Å²) in [7, 11) is -1.92. The van der Waals surface area contributed by atoms with Crippen LogP contribution in [0.25, 0.3) is 11.1 Å². The molecule has 4 N–H and O–H groups in total. The molecule has 2 aliphatic rings. The lowest BCUT2D eigenvalue weighted by Gasteiger charge is -2.38. The first-order valence-electron chi connectivity index (χ1n) is 16.4. The Morgan fingerprint density at radius 3 is 2.49 bits per heavy atom. The predicted octanol–water partition coefficient (Wildman–Crippen LogP) is 5.67. The van der Waals surface area contributed by atoms with Gasteiger partial charge in [-0.05, 0) is 80.2 Å². The Balaban J connectivity index is 1.24. The van der Waals surface area contributed by atoms with Gasteiger partial charge in [-0.3, -0.25) is 9.69 Å². The molecule has 4 heterocycles. The number of ether oxygens (including phenoxy) is 1. The maximum absolute atomic E-state index is 15.5. The Morgan fingerprint density at radius 2 is 1.83 bits per heavy atom. The summed E-state index contributed by atoms with van der Waals surface area (Å²) in [4.78, 5) is 29.0. The molecule has 2 fully saturated rings. The van der Waals surface area contributed by atoms with E-state index in [9.17, 15) is 4.79 Å². The smallest absolute Gasteiger partial charge is 0.317 e. The Labute approximate surface area is 277 Å². The standard InChI is InChI=1S/C34H48FN7O4Si/c1-34(2,3)47(4,5)46-27-18-25(9-13-36)42(21-27)33-38-19-24(20-39-33)23-10-14-37-30(17-23)40-28-7-6-8-29(32(28)35)45-26-11-15-41(16-12-26)22-31(43)44/h6-8,10,14,17,19-20,25-27H,9,11-13,15-16,18,21-22,36H2,1-5H3,(H,37,40)(H,43,44). The van der Waals surface area contributed by atoms with E-state index in [0.717, 1.165) is 30.5 Å². The quantitative estimate of drug-likeness (QED) is 0.206. The number of pyridine rings is 1. The van der Waals surface area contributed by atoms with Crippen molar-refractivity contribution >= 4 is 31.7 Å². The van der Waals surface area contributed by atoms with E-state index >= 15 is 4.39 Å². The van der Waals surface area contributed by atoms with Crippen molar-refractivity contribution in [2.75, 3.05) is 42.9 Å². The van der Waals surface area contributed by atoms with Crippen LogP contribution < -0.4 is 20.7 Å². The molecule has 2 atom stereocenters. The predicted molar refractivity (Wildman–Crippen MR) is 184 cm³/mol. The van der Waals surface area contributed by atoms with E-state index in [2.05, 4.69) is 49.1 Å². The summed E-state index contributed by atoms with van der Waals surface area (Å²) in [5.41, 5.74) is 7.88. The number of nitrogens with one attached hydrogen (secondary N) is 1. The molecule has 254 valence electrons. The molecule has 5 rings (SSSR count).